The van der Waals surface area contributed by atoms with Crippen molar-refractivity contribution in [3.05, 3.63) is 58.9 Å². The zero-order valence-electron chi connectivity index (χ0n) is 16.6. The molecular weight excluding hydrogens is 374 g/mol. The molecule has 0 radical (unpaired) electrons. The first-order valence-electron chi connectivity index (χ1n) is 9.47. The Morgan fingerprint density at radius 1 is 1.18 bits per heavy atom. The smallest absolute Gasteiger partial charge is 0.244 e. The maximum Gasteiger partial charge on any atom is 0.244 e. The van der Waals surface area contributed by atoms with Crippen LogP contribution in [0.1, 0.15) is 28.9 Å². The van der Waals surface area contributed by atoms with Gasteiger partial charge >= 0.3 is 0 Å². The molecule has 6 nitrogen and oxygen atoms in total. The summed E-state index contributed by atoms with van der Waals surface area (Å²) in [5.74, 6) is -0.0194. The predicted molar refractivity (Wildman–Crippen MR) is 112 cm³/mol. The fraction of sp³-hybridized carbons (Fsp3) is 0.381. The van der Waals surface area contributed by atoms with E-state index in [1.165, 1.54) is 15.9 Å². The first kappa shape index (κ1) is 20.4. The lowest BCUT2D eigenvalue weighted by atomic mass is 10.2. The summed E-state index contributed by atoms with van der Waals surface area (Å²) >= 11 is 0. The Morgan fingerprint density at radius 3 is 2.54 bits per heavy atom. The molecule has 0 unspecified atom stereocenters. The Hall–Kier alpha value is -2.38. The number of benzene rings is 1. The highest BCUT2D eigenvalue weighted by Gasteiger charge is 2.27. The molecule has 1 aromatic heterocycles. The number of amides is 1. The van der Waals surface area contributed by atoms with Crippen LogP contribution in [0.3, 0.4) is 0 Å². The summed E-state index contributed by atoms with van der Waals surface area (Å²) < 4.78 is 27.1. The van der Waals surface area contributed by atoms with E-state index in [0.29, 0.717) is 26.1 Å². The Morgan fingerprint density at radius 2 is 1.89 bits per heavy atom. The molecule has 1 amide bonds. The van der Waals surface area contributed by atoms with Crippen molar-refractivity contribution in [1.29, 1.82) is 0 Å². The molecule has 1 fully saturated rings. The molecule has 0 aliphatic carbocycles. The molecule has 0 atom stereocenters. The zero-order valence-corrected chi connectivity index (χ0v) is 17.4. The van der Waals surface area contributed by atoms with Crippen molar-refractivity contribution >= 4 is 22.0 Å². The van der Waals surface area contributed by atoms with Gasteiger partial charge in [0, 0.05) is 42.8 Å². The average Bonchev–Trinajstić information content (AvgIpc) is 3.12. The van der Waals surface area contributed by atoms with Gasteiger partial charge in [-0.3, -0.25) is 4.79 Å². The number of carbonyl (C=O) groups excluding carboxylic acids is 1. The van der Waals surface area contributed by atoms with Crippen LogP contribution in [0.4, 0.5) is 0 Å². The summed E-state index contributed by atoms with van der Waals surface area (Å²) in [5, 5.41) is 2.76. The number of aromatic nitrogens is 1. The number of hydrogen-bond acceptors (Lipinski definition) is 3. The fourth-order valence-electron chi connectivity index (χ4n) is 3.52. The van der Waals surface area contributed by atoms with Gasteiger partial charge in [0.05, 0.1) is 5.75 Å². The van der Waals surface area contributed by atoms with E-state index in [9.17, 15) is 13.2 Å². The lowest BCUT2D eigenvalue weighted by Gasteiger charge is -2.13. The third kappa shape index (κ3) is 4.54. The van der Waals surface area contributed by atoms with Crippen molar-refractivity contribution < 1.29 is 13.2 Å². The van der Waals surface area contributed by atoms with Gasteiger partial charge in [-0.05, 0) is 57.0 Å². The van der Waals surface area contributed by atoms with Gasteiger partial charge in [-0.15, -0.1) is 0 Å². The minimum absolute atomic E-state index is 0.206. The van der Waals surface area contributed by atoms with E-state index in [2.05, 4.69) is 47.1 Å². The van der Waals surface area contributed by atoms with E-state index in [0.717, 1.165) is 22.6 Å². The van der Waals surface area contributed by atoms with Crippen molar-refractivity contribution in [2.45, 2.75) is 27.2 Å². The monoisotopic (exact) mass is 401 g/mol. The van der Waals surface area contributed by atoms with Crippen molar-refractivity contribution in [2.75, 3.05) is 25.4 Å². The number of rotatable bonds is 6. The molecular formula is C21H27N3O3S. The van der Waals surface area contributed by atoms with Gasteiger partial charge in [-0.1, -0.05) is 17.7 Å². The third-order valence-corrected chi connectivity index (χ3v) is 7.00. The lowest BCUT2D eigenvalue weighted by molar-refractivity contribution is -0.116. The quantitative estimate of drug-likeness (QED) is 0.756. The van der Waals surface area contributed by atoms with Crippen LogP contribution in [0.5, 0.6) is 0 Å². The van der Waals surface area contributed by atoms with Crippen LogP contribution in [-0.4, -0.2) is 48.6 Å². The first-order valence-corrected chi connectivity index (χ1v) is 11.1. The van der Waals surface area contributed by atoms with Gasteiger partial charge in [-0.2, -0.15) is 0 Å². The van der Waals surface area contributed by atoms with E-state index in [1.54, 1.807) is 6.08 Å². The van der Waals surface area contributed by atoms with Crippen LogP contribution < -0.4 is 5.32 Å². The molecule has 1 saturated heterocycles. The van der Waals surface area contributed by atoms with E-state index in [4.69, 9.17) is 0 Å². The number of nitrogens with one attached hydrogen (secondary N) is 1. The Balaban J connectivity index is 1.62. The minimum Gasteiger partial charge on any atom is -0.351 e. The minimum atomic E-state index is -3.12. The van der Waals surface area contributed by atoms with E-state index >= 15 is 0 Å². The van der Waals surface area contributed by atoms with E-state index < -0.39 is 10.0 Å². The zero-order chi connectivity index (χ0) is 20.3. The SMILES string of the molecule is Cc1ccc(-n2c(C)cc(/C=C/C(=O)NCCN3CCCS3(=O)=O)c2C)cc1. The van der Waals surface area contributed by atoms with E-state index in [1.807, 2.05) is 13.8 Å². The summed E-state index contributed by atoms with van der Waals surface area (Å²) in [5.41, 5.74) is 5.45. The van der Waals surface area contributed by atoms with Crippen molar-refractivity contribution in [1.82, 2.24) is 14.2 Å². The molecule has 150 valence electrons. The van der Waals surface area contributed by atoms with Crippen LogP contribution in [-0.2, 0) is 14.8 Å². The first-order chi connectivity index (χ1) is 13.3. The second kappa shape index (κ2) is 8.32. The molecule has 0 saturated carbocycles. The van der Waals surface area contributed by atoms with E-state index in [-0.39, 0.29) is 11.7 Å². The Kier molecular flexibility index (Phi) is 6.05. The van der Waals surface area contributed by atoms with Crippen LogP contribution in [0.25, 0.3) is 11.8 Å². The van der Waals surface area contributed by atoms with Crippen LogP contribution in [0, 0.1) is 20.8 Å². The predicted octanol–water partition coefficient (Wildman–Crippen LogP) is 2.57. The number of nitrogens with zero attached hydrogens (tertiary/aromatic N) is 2. The van der Waals surface area contributed by atoms with Crippen LogP contribution in [0.15, 0.2) is 36.4 Å². The normalized spacial score (nSPS) is 16.7. The molecule has 1 aliphatic rings. The van der Waals surface area contributed by atoms with Gasteiger partial charge < -0.3 is 9.88 Å². The molecule has 0 spiro atoms. The van der Waals surface area contributed by atoms with Gasteiger partial charge in [0.15, 0.2) is 0 Å². The molecule has 28 heavy (non-hydrogen) atoms. The molecule has 7 heteroatoms. The van der Waals surface area contributed by atoms with Gasteiger partial charge in [0.25, 0.3) is 0 Å². The largest absolute Gasteiger partial charge is 0.351 e. The number of sulfonamides is 1. The third-order valence-electron chi connectivity index (χ3n) is 5.04. The Labute approximate surface area is 166 Å². The standard InChI is InChI=1S/C21H27N3O3S/c1-16-5-8-20(9-6-16)24-17(2)15-19(18(24)3)7-10-21(25)22-11-13-23-12-4-14-28(23,26)27/h5-10,15H,4,11-14H2,1-3H3,(H,22,25)/b10-7+. The number of aryl methyl sites for hydroxylation is 2. The van der Waals surface area contributed by atoms with Gasteiger partial charge in [-0.25, -0.2) is 12.7 Å². The average molecular weight is 402 g/mol. The van der Waals surface area contributed by atoms with Crippen molar-refractivity contribution in [3.63, 3.8) is 0 Å². The van der Waals surface area contributed by atoms with Gasteiger partial charge in [0.1, 0.15) is 0 Å². The number of carbonyl (C=O) groups is 1. The molecule has 1 aliphatic heterocycles. The highest BCUT2D eigenvalue weighted by molar-refractivity contribution is 7.89. The van der Waals surface area contributed by atoms with Gasteiger partial charge in [0.2, 0.25) is 15.9 Å². The van der Waals surface area contributed by atoms with Crippen molar-refractivity contribution in [2.24, 2.45) is 0 Å². The second-order valence-electron chi connectivity index (χ2n) is 7.19. The van der Waals surface area contributed by atoms with Crippen molar-refractivity contribution in [3.8, 4) is 5.69 Å². The summed E-state index contributed by atoms with van der Waals surface area (Å²) in [7, 11) is -3.12. The lowest BCUT2D eigenvalue weighted by Crippen LogP contribution is -2.35. The summed E-state index contributed by atoms with van der Waals surface area (Å²) in [4.78, 5) is 12.1. The highest BCUT2D eigenvalue weighted by atomic mass is 32.2. The number of hydrogen-bond donors (Lipinski definition) is 1. The summed E-state index contributed by atoms with van der Waals surface area (Å²) in [6.45, 7) is 7.31. The maximum absolute atomic E-state index is 12.1. The highest BCUT2D eigenvalue weighted by Crippen LogP contribution is 2.22. The Bertz CT molecular complexity index is 989. The topological polar surface area (TPSA) is 71.4 Å². The maximum atomic E-state index is 12.1. The van der Waals surface area contributed by atoms with Crippen LogP contribution >= 0.6 is 0 Å². The molecule has 2 heterocycles. The second-order valence-corrected chi connectivity index (χ2v) is 9.28. The molecule has 1 N–H and O–H groups in total. The molecule has 0 bridgehead atoms. The molecule has 3 rings (SSSR count). The molecule has 2 aromatic rings. The molecule has 1 aromatic carbocycles. The fourth-order valence-corrected chi connectivity index (χ4v) is 5.05. The summed E-state index contributed by atoms with van der Waals surface area (Å²) in [6.07, 6.45) is 3.96. The summed E-state index contributed by atoms with van der Waals surface area (Å²) in [6, 6.07) is 10.4. The van der Waals surface area contributed by atoms with Crippen LogP contribution in [0.2, 0.25) is 0 Å².